The SMILES string of the molecule is O=C(/C=C(/[O-])C(F)(F)F)C(F)(F)F.O=C(/C=C(\[O-])C(F)(F)F)C(F)(F)F.[Cu+2]. The molecule has 0 aliphatic rings. The zero-order valence-corrected chi connectivity index (χ0v) is 12.6. The van der Waals surface area contributed by atoms with Gasteiger partial charge in [0.2, 0.25) is 0 Å². The van der Waals surface area contributed by atoms with Crippen LogP contribution in [0.5, 0.6) is 0 Å². The zero-order chi connectivity index (χ0) is 21.7. The van der Waals surface area contributed by atoms with Crippen molar-refractivity contribution in [3.05, 3.63) is 23.7 Å². The molecule has 0 aliphatic heterocycles. The van der Waals surface area contributed by atoms with Gasteiger partial charge < -0.3 is 10.2 Å². The summed E-state index contributed by atoms with van der Waals surface area (Å²) in [5.74, 6) is -11.3. The molecule has 0 heterocycles. The molecule has 0 aliphatic carbocycles. The second-order valence-electron chi connectivity index (χ2n) is 3.74. The number of allylic oxidation sites excluding steroid dienone is 4. The number of ketones is 2. The van der Waals surface area contributed by atoms with E-state index in [1.54, 1.807) is 0 Å². The Hall–Kier alpha value is -1.90. The van der Waals surface area contributed by atoms with E-state index in [2.05, 4.69) is 0 Å². The van der Waals surface area contributed by atoms with Crippen molar-refractivity contribution in [3.8, 4) is 0 Å². The van der Waals surface area contributed by atoms with E-state index in [1.165, 1.54) is 0 Å². The molecule has 0 aromatic carbocycles. The van der Waals surface area contributed by atoms with E-state index < -0.39 is 59.9 Å². The molecule has 0 aromatic heterocycles. The van der Waals surface area contributed by atoms with Gasteiger partial charge in [-0.05, 0) is 23.7 Å². The van der Waals surface area contributed by atoms with Gasteiger partial charge in [-0.25, -0.2) is 0 Å². The van der Waals surface area contributed by atoms with Crippen molar-refractivity contribution in [2.45, 2.75) is 24.7 Å². The van der Waals surface area contributed by atoms with Crippen molar-refractivity contribution in [1.29, 1.82) is 0 Å². The van der Waals surface area contributed by atoms with E-state index in [9.17, 15) is 72.5 Å². The maximum atomic E-state index is 11.3. The molecule has 0 aromatic rings. The molecule has 0 fully saturated rings. The Morgan fingerprint density at radius 1 is 0.519 bits per heavy atom. The van der Waals surface area contributed by atoms with Crippen LogP contribution in [0.4, 0.5) is 52.7 Å². The van der Waals surface area contributed by atoms with Crippen LogP contribution in [0.15, 0.2) is 23.7 Å². The third kappa shape index (κ3) is 13.0. The summed E-state index contributed by atoms with van der Waals surface area (Å²) in [5.41, 5.74) is 0. The standard InChI is InChI=1S/2C5H2F6O2.Cu/c2*6-4(7,8)2(12)1-3(13)5(9,10)11;/h2*1,12H;/q;;+2/p-2/b2-1+;2-1-;. The van der Waals surface area contributed by atoms with E-state index in [1.807, 2.05) is 0 Å². The Bertz CT molecular complexity index is 527. The molecule has 0 N–H and O–H groups in total. The minimum absolute atomic E-state index is 0. The van der Waals surface area contributed by atoms with Crippen LogP contribution in [0.1, 0.15) is 0 Å². The van der Waals surface area contributed by atoms with Crippen LogP contribution in [0.25, 0.3) is 0 Å². The van der Waals surface area contributed by atoms with E-state index >= 15 is 0 Å². The largest absolute Gasteiger partial charge is 2.00 e. The van der Waals surface area contributed by atoms with Gasteiger partial charge in [0, 0.05) is 0 Å². The Kier molecular flexibility index (Phi) is 10.9. The third-order valence-electron chi connectivity index (χ3n) is 1.64. The molecule has 0 amide bonds. The first-order valence-electron chi connectivity index (χ1n) is 5.24. The molecule has 0 spiro atoms. The predicted molar refractivity (Wildman–Crippen MR) is 50.4 cm³/mol. The topological polar surface area (TPSA) is 80.3 Å². The number of carbonyl (C=O) groups is 2. The molecule has 0 bridgehead atoms. The van der Waals surface area contributed by atoms with Gasteiger partial charge in [0.1, 0.15) is 0 Å². The first-order valence-corrected chi connectivity index (χ1v) is 5.24. The van der Waals surface area contributed by atoms with Crippen LogP contribution in [-0.4, -0.2) is 36.3 Å². The van der Waals surface area contributed by atoms with Gasteiger partial charge >= 0.3 is 41.8 Å². The van der Waals surface area contributed by atoms with Crippen molar-refractivity contribution < 1.29 is 89.6 Å². The molecule has 0 saturated carbocycles. The molecular formula is C10H2CuF12O4. The van der Waals surface area contributed by atoms with Crippen LogP contribution >= 0.6 is 0 Å². The summed E-state index contributed by atoms with van der Waals surface area (Å²) in [5, 5.41) is 19.6. The normalized spacial score (nSPS) is 13.9. The Morgan fingerprint density at radius 3 is 0.815 bits per heavy atom. The fourth-order valence-electron chi connectivity index (χ4n) is 0.565. The summed E-state index contributed by atoms with van der Waals surface area (Å²) in [6.45, 7) is 0. The molecule has 0 atom stereocenters. The first kappa shape index (κ1) is 29.8. The average Bonchev–Trinajstić information content (AvgIpc) is 2.34. The van der Waals surface area contributed by atoms with E-state index in [-0.39, 0.29) is 17.1 Å². The summed E-state index contributed by atoms with van der Waals surface area (Å²) in [4.78, 5) is 19.6. The molecule has 27 heavy (non-hydrogen) atoms. The summed E-state index contributed by atoms with van der Waals surface area (Å²) in [6, 6.07) is 0. The maximum absolute atomic E-state index is 11.3. The van der Waals surface area contributed by atoms with E-state index in [0.29, 0.717) is 0 Å². The molecule has 0 unspecified atom stereocenters. The minimum Gasteiger partial charge on any atom is -0.869 e. The second-order valence-corrected chi connectivity index (χ2v) is 3.74. The van der Waals surface area contributed by atoms with Crippen LogP contribution in [0, 0.1) is 0 Å². The fraction of sp³-hybridized carbons (Fsp3) is 0.400. The fourth-order valence-corrected chi connectivity index (χ4v) is 0.565. The van der Waals surface area contributed by atoms with Gasteiger partial charge in [-0.3, -0.25) is 9.59 Å². The molecule has 1 radical (unpaired) electrons. The Balaban J connectivity index is -0.000000411. The van der Waals surface area contributed by atoms with E-state index in [4.69, 9.17) is 0 Å². The van der Waals surface area contributed by atoms with Gasteiger partial charge in [-0.1, -0.05) is 0 Å². The van der Waals surface area contributed by atoms with Crippen molar-refractivity contribution in [2.75, 3.05) is 0 Å². The molecule has 4 nitrogen and oxygen atoms in total. The van der Waals surface area contributed by atoms with Gasteiger partial charge in [0.05, 0.1) is 0 Å². The summed E-state index contributed by atoms with van der Waals surface area (Å²) in [6.07, 6.45) is -23.9. The molecule has 0 saturated heterocycles. The smallest absolute Gasteiger partial charge is 0.869 e. The number of carbonyl (C=O) groups excluding carboxylic acids is 2. The van der Waals surface area contributed by atoms with Gasteiger partial charge in [-0.15, -0.1) is 0 Å². The van der Waals surface area contributed by atoms with Crippen molar-refractivity contribution in [1.82, 2.24) is 0 Å². The number of hydrogen-bond acceptors (Lipinski definition) is 4. The second kappa shape index (κ2) is 9.87. The third-order valence-corrected chi connectivity index (χ3v) is 1.64. The maximum Gasteiger partial charge on any atom is 2.00 e. The van der Waals surface area contributed by atoms with Crippen LogP contribution in [0.2, 0.25) is 0 Å². The Labute approximate surface area is 150 Å². The van der Waals surface area contributed by atoms with Crippen LogP contribution < -0.4 is 10.2 Å². The number of rotatable bonds is 2. The molecule has 17 heteroatoms. The van der Waals surface area contributed by atoms with Crippen molar-refractivity contribution in [3.63, 3.8) is 0 Å². The average molecular weight is 478 g/mol. The first-order chi connectivity index (χ1) is 11.1. The van der Waals surface area contributed by atoms with E-state index in [0.717, 1.165) is 0 Å². The number of alkyl halides is 12. The van der Waals surface area contributed by atoms with Gasteiger partial charge in [0.15, 0.2) is 0 Å². The predicted octanol–water partition coefficient (Wildman–Crippen LogP) is 1.85. The molecular weight excluding hydrogens is 476 g/mol. The monoisotopic (exact) mass is 477 g/mol. The number of hydrogen-bond donors (Lipinski definition) is 0. The van der Waals surface area contributed by atoms with Crippen LogP contribution in [0.3, 0.4) is 0 Å². The summed E-state index contributed by atoms with van der Waals surface area (Å²) < 4.78 is 136. The quantitative estimate of drug-likeness (QED) is 0.263. The van der Waals surface area contributed by atoms with Crippen molar-refractivity contribution >= 4 is 11.6 Å². The van der Waals surface area contributed by atoms with Crippen LogP contribution in [-0.2, 0) is 26.7 Å². The minimum atomic E-state index is -5.46. The number of halogens is 12. The molecule has 0 rings (SSSR count). The van der Waals surface area contributed by atoms with Gasteiger partial charge in [0.25, 0.3) is 11.6 Å². The summed E-state index contributed by atoms with van der Waals surface area (Å²) >= 11 is 0. The molecule has 161 valence electrons. The van der Waals surface area contributed by atoms with Crippen molar-refractivity contribution in [2.24, 2.45) is 0 Å². The zero-order valence-electron chi connectivity index (χ0n) is 11.6. The Morgan fingerprint density at radius 2 is 0.704 bits per heavy atom. The summed E-state index contributed by atoms with van der Waals surface area (Å²) in [7, 11) is 0. The van der Waals surface area contributed by atoms with Gasteiger partial charge in [-0.2, -0.15) is 52.7 Å².